The van der Waals surface area contributed by atoms with E-state index in [0.717, 1.165) is 6.42 Å². The molecule has 0 saturated carbocycles. The predicted octanol–water partition coefficient (Wildman–Crippen LogP) is 4.68. The Balaban J connectivity index is 2.19. The zero-order valence-electron chi connectivity index (χ0n) is 9.58. The van der Waals surface area contributed by atoms with E-state index in [4.69, 9.17) is 0 Å². The quantitative estimate of drug-likeness (QED) is 0.662. The Hall–Kier alpha value is -1.34. The average molecular weight is 226 g/mol. The van der Waals surface area contributed by atoms with E-state index in [9.17, 15) is 0 Å². The van der Waals surface area contributed by atoms with Crippen molar-refractivity contribution < 1.29 is 0 Å². The van der Waals surface area contributed by atoms with E-state index in [2.05, 4.69) is 50.3 Å². The second kappa shape index (κ2) is 3.60. The van der Waals surface area contributed by atoms with Crippen molar-refractivity contribution in [1.29, 1.82) is 0 Å². The van der Waals surface area contributed by atoms with Crippen molar-refractivity contribution in [2.24, 2.45) is 0 Å². The summed E-state index contributed by atoms with van der Waals surface area (Å²) in [6, 6.07) is 10.7. The highest BCUT2D eigenvalue weighted by atomic mass is 32.1. The Labute approximate surface area is 100 Å². The number of benzene rings is 1. The number of fused-ring (bicyclic) bond motifs is 1. The van der Waals surface area contributed by atoms with Gasteiger partial charge in [-0.05, 0) is 43.0 Å². The Morgan fingerprint density at radius 2 is 1.81 bits per heavy atom. The summed E-state index contributed by atoms with van der Waals surface area (Å²) in [6.45, 7) is 4.45. The maximum Gasteiger partial charge on any atom is 0.0314 e. The first-order valence-electron chi connectivity index (χ1n) is 5.60. The van der Waals surface area contributed by atoms with Crippen LogP contribution in [0.1, 0.15) is 22.2 Å². The molecule has 1 aromatic heterocycles. The molecule has 0 saturated heterocycles. The molecule has 0 fully saturated rings. The van der Waals surface area contributed by atoms with E-state index in [0.29, 0.717) is 0 Å². The van der Waals surface area contributed by atoms with E-state index in [1.165, 1.54) is 32.0 Å². The Kier molecular flexibility index (Phi) is 2.22. The average Bonchev–Trinajstić information content (AvgIpc) is 2.74. The molecule has 2 aromatic rings. The molecule has 0 unspecified atom stereocenters. The number of allylic oxidation sites excluding steroid dienone is 1. The van der Waals surface area contributed by atoms with Crippen molar-refractivity contribution in [2.75, 3.05) is 0 Å². The third-order valence-electron chi connectivity index (χ3n) is 3.11. The molecule has 1 aliphatic rings. The van der Waals surface area contributed by atoms with Crippen molar-refractivity contribution in [3.8, 4) is 11.1 Å². The van der Waals surface area contributed by atoms with Crippen molar-refractivity contribution in [1.82, 2.24) is 0 Å². The first-order valence-corrected chi connectivity index (χ1v) is 6.42. The summed E-state index contributed by atoms with van der Waals surface area (Å²) in [6.07, 6.45) is 3.46. The molecule has 0 N–H and O–H groups in total. The van der Waals surface area contributed by atoms with Crippen LogP contribution in [0.25, 0.3) is 17.2 Å². The fourth-order valence-corrected chi connectivity index (χ4v) is 3.67. The van der Waals surface area contributed by atoms with Gasteiger partial charge in [-0.3, -0.25) is 0 Å². The summed E-state index contributed by atoms with van der Waals surface area (Å²) < 4.78 is 0. The smallest absolute Gasteiger partial charge is 0.0314 e. The van der Waals surface area contributed by atoms with Crippen LogP contribution in [-0.4, -0.2) is 0 Å². The Morgan fingerprint density at radius 1 is 1.06 bits per heavy atom. The first kappa shape index (κ1) is 9.86. The zero-order chi connectivity index (χ0) is 11.1. The summed E-state index contributed by atoms with van der Waals surface area (Å²) in [4.78, 5) is 2.91. The summed E-state index contributed by atoms with van der Waals surface area (Å²) in [5.74, 6) is 0. The molecule has 80 valence electrons. The lowest BCUT2D eigenvalue weighted by molar-refractivity contribution is 1.20. The lowest BCUT2D eigenvalue weighted by Crippen LogP contribution is -1.85. The fourth-order valence-electron chi connectivity index (χ4n) is 2.44. The summed E-state index contributed by atoms with van der Waals surface area (Å²) in [7, 11) is 0. The highest BCUT2D eigenvalue weighted by Gasteiger charge is 2.19. The molecule has 1 heterocycles. The minimum atomic E-state index is 1.13. The molecule has 1 aromatic carbocycles. The van der Waals surface area contributed by atoms with Gasteiger partial charge in [0, 0.05) is 9.75 Å². The standard InChI is InChI=1S/C15H14S/c1-10-8-13-14(9-10)16-11(2)15(13)12-6-4-3-5-7-12/h3-7,9H,8H2,1-2H3. The molecule has 16 heavy (non-hydrogen) atoms. The van der Waals surface area contributed by atoms with Gasteiger partial charge in [0.25, 0.3) is 0 Å². The highest BCUT2D eigenvalue weighted by molar-refractivity contribution is 7.13. The largest absolute Gasteiger partial charge is 0.140 e. The van der Waals surface area contributed by atoms with Crippen LogP contribution >= 0.6 is 11.3 Å². The second-order valence-electron chi connectivity index (χ2n) is 4.41. The second-order valence-corrected chi connectivity index (χ2v) is 5.67. The Morgan fingerprint density at radius 3 is 2.56 bits per heavy atom. The third-order valence-corrected chi connectivity index (χ3v) is 4.20. The van der Waals surface area contributed by atoms with Crippen LogP contribution in [0.5, 0.6) is 0 Å². The fraction of sp³-hybridized carbons (Fsp3) is 0.200. The van der Waals surface area contributed by atoms with E-state index in [-0.39, 0.29) is 0 Å². The Bertz CT molecular complexity index is 559. The predicted molar refractivity (Wildman–Crippen MR) is 71.8 cm³/mol. The van der Waals surface area contributed by atoms with Gasteiger partial charge in [-0.1, -0.05) is 35.9 Å². The van der Waals surface area contributed by atoms with Crippen LogP contribution in [0, 0.1) is 6.92 Å². The maximum atomic E-state index is 2.33. The third kappa shape index (κ3) is 1.43. The molecule has 3 rings (SSSR count). The van der Waals surface area contributed by atoms with Crippen molar-refractivity contribution in [2.45, 2.75) is 20.3 Å². The van der Waals surface area contributed by atoms with Crippen molar-refractivity contribution in [3.63, 3.8) is 0 Å². The van der Waals surface area contributed by atoms with Crippen LogP contribution in [0.3, 0.4) is 0 Å². The SMILES string of the molecule is CC1=Cc2sc(C)c(-c3ccccc3)c2C1. The summed E-state index contributed by atoms with van der Waals surface area (Å²) in [5.41, 5.74) is 5.85. The monoisotopic (exact) mass is 226 g/mol. The topological polar surface area (TPSA) is 0 Å². The van der Waals surface area contributed by atoms with Gasteiger partial charge >= 0.3 is 0 Å². The highest BCUT2D eigenvalue weighted by Crippen LogP contribution is 2.41. The number of hydrogen-bond acceptors (Lipinski definition) is 1. The number of aryl methyl sites for hydroxylation is 1. The van der Waals surface area contributed by atoms with Crippen LogP contribution in [0.4, 0.5) is 0 Å². The lowest BCUT2D eigenvalue weighted by Gasteiger charge is -2.04. The molecule has 1 heteroatoms. The molecule has 0 bridgehead atoms. The first-order chi connectivity index (χ1) is 7.75. The lowest BCUT2D eigenvalue weighted by atomic mass is 10.00. The summed E-state index contributed by atoms with van der Waals surface area (Å²) >= 11 is 1.93. The minimum Gasteiger partial charge on any atom is -0.140 e. The summed E-state index contributed by atoms with van der Waals surface area (Å²) in [5, 5.41) is 0. The number of hydrogen-bond donors (Lipinski definition) is 0. The van der Waals surface area contributed by atoms with E-state index in [1.807, 2.05) is 11.3 Å². The molecule has 0 aliphatic heterocycles. The van der Waals surface area contributed by atoms with Gasteiger partial charge in [-0.15, -0.1) is 11.3 Å². The van der Waals surface area contributed by atoms with Gasteiger partial charge < -0.3 is 0 Å². The molecule has 0 amide bonds. The van der Waals surface area contributed by atoms with Crippen LogP contribution in [0.15, 0.2) is 35.9 Å². The molecular formula is C15H14S. The van der Waals surface area contributed by atoms with E-state index in [1.54, 1.807) is 0 Å². The van der Waals surface area contributed by atoms with Gasteiger partial charge in [0.05, 0.1) is 0 Å². The van der Waals surface area contributed by atoms with E-state index >= 15 is 0 Å². The van der Waals surface area contributed by atoms with Gasteiger partial charge in [-0.25, -0.2) is 0 Å². The van der Waals surface area contributed by atoms with Gasteiger partial charge in [0.1, 0.15) is 0 Å². The molecule has 1 aliphatic carbocycles. The molecule has 0 spiro atoms. The molecular weight excluding hydrogens is 212 g/mol. The number of thiophene rings is 1. The van der Waals surface area contributed by atoms with Crippen LogP contribution < -0.4 is 0 Å². The van der Waals surface area contributed by atoms with Crippen LogP contribution in [-0.2, 0) is 6.42 Å². The van der Waals surface area contributed by atoms with Gasteiger partial charge in [0.15, 0.2) is 0 Å². The molecule has 0 atom stereocenters. The molecule has 0 radical (unpaired) electrons. The van der Waals surface area contributed by atoms with E-state index < -0.39 is 0 Å². The zero-order valence-corrected chi connectivity index (χ0v) is 10.4. The van der Waals surface area contributed by atoms with Crippen molar-refractivity contribution >= 4 is 17.4 Å². The maximum absolute atomic E-state index is 2.33. The van der Waals surface area contributed by atoms with Gasteiger partial charge in [-0.2, -0.15) is 0 Å². The molecule has 0 nitrogen and oxygen atoms in total. The van der Waals surface area contributed by atoms with Crippen molar-refractivity contribution in [3.05, 3.63) is 51.2 Å². The minimum absolute atomic E-state index is 1.13. The normalized spacial score (nSPS) is 13.8. The van der Waals surface area contributed by atoms with Crippen LogP contribution in [0.2, 0.25) is 0 Å². The van der Waals surface area contributed by atoms with Gasteiger partial charge in [0.2, 0.25) is 0 Å². The number of rotatable bonds is 1.